The first kappa shape index (κ1) is 23.4. The third-order valence-corrected chi connectivity index (χ3v) is 7.80. The second-order valence-corrected chi connectivity index (χ2v) is 10.3. The Hall–Kier alpha value is -3.38. The topological polar surface area (TPSA) is 70.7 Å². The van der Waals surface area contributed by atoms with E-state index in [2.05, 4.69) is 45.6 Å². The molecule has 2 N–H and O–H groups in total. The van der Waals surface area contributed by atoms with Gasteiger partial charge >= 0.3 is 0 Å². The molecule has 2 aromatic heterocycles. The lowest BCUT2D eigenvalue weighted by molar-refractivity contribution is 0.0916. The first-order chi connectivity index (χ1) is 17.2. The molecule has 2 heterocycles. The Labute approximate surface area is 210 Å². The summed E-state index contributed by atoms with van der Waals surface area (Å²) in [6, 6.07) is 20.1. The molecule has 5 rings (SSSR count). The second kappa shape index (κ2) is 10.9. The van der Waals surface area contributed by atoms with Gasteiger partial charge in [0, 0.05) is 27.4 Å². The summed E-state index contributed by atoms with van der Waals surface area (Å²) in [5, 5.41) is 11.9. The van der Waals surface area contributed by atoms with Gasteiger partial charge in [0.05, 0.1) is 22.5 Å². The Bertz CT molecular complexity index is 1330. The minimum Gasteiger partial charge on any atom is -0.349 e. The summed E-state index contributed by atoms with van der Waals surface area (Å²) in [5.41, 5.74) is 3.45. The van der Waals surface area contributed by atoms with Crippen LogP contribution >= 0.6 is 11.8 Å². The number of aromatic amines is 1. The van der Waals surface area contributed by atoms with Crippen molar-refractivity contribution in [2.75, 3.05) is 0 Å². The van der Waals surface area contributed by atoms with E-state index in [9.17, 15) is 4.79 Å². The minimum absolute atomic E-state index is 0.00994. The van der Waals surface area contributed by atoms with Crippen LogP contribution in [0.3, 0.4) is 0 Å². The van der Waals surface area contributed by atoms with Gasteiger partial charge in [-0.1, -0.05) is 49.2 Å². The van der Waals surface area contributed by atoms with E-state index < -0.39 is 0 Å². The first-order valence-electron chi connectivity index (χ1n) is 12.3. The molecule has 4 aromatic rings. The average molecular weight is 483 g/mol. The number of benzene rings is 2. The molecule has 0 bridgehead atoms. The van der Waals surface area contributed by atoms with Crippen molar-refractivity contribution in [3.63, 3.8) is 0 Å². The van der Waals surface area contributed by atoms with Crippen LogP contribution in [0.5, 0.6) is 0 Å². The van der Waals surface area contributed by atoms with Gasteiger partial charge in [0.1, 0.15) is 0 Å². The number of fused-ring (bicyclic) bond motifs is 1. The van der Waals surface area contributed by atoms with Gasteiger partial charge < -0.3 is 5.32 Å². The minimum atomic E-state index is 0.00994. The lowest BCUT2D eigenvalue weighted by Gasteiger charge is -2.28. The number of nitrogens with zero attached hydrogens (tertiary/aromatic N) is 2. The zero-order valence-corrected chi connectivity index (χ0v) is 20.7. The Morgan fingerprint density at radius 2 is 1.89 bits per heavy atom. The molecule has 1 amide bonds. The number of H-pyrrole nitrogens is 1. The molecular weight excluding hydrogens is 452 g/mol. The normalized spacial score (nSPS) is 15.5. The molecule has 0 aliphatic heterocycles. The van der Waals surface area contributed by atoms with Crippen LogP contribution in [-0.2, 0) is 0 Å². The molecule has 1 aliphatic carbocycles. The van der Waals surface area contributed by atoms with E-state index in [4.69, 9.17) is 0 Å². The molecule has 2 aromatic carbocycles. The number of nitrogens with one attached hydrogen (secondary N) is 2. The van der Waals surface area contributed by atoms with Crippen LogP contribution in [0.15, 0.2) is 76.7 Å². The van der Waals surface area contributed by atoms with Crippen LogP contribution in [0.4, 0.5) is 0 Å². The van der Waals surface area contributed by atoms with Crippen molar-refractivity contribution in [2.24, 2.45) is 5.92 Å². The largest absolute Gasteiger partial charge is 0.349 e. The number of hydrogen-bond acceptors (Lipinski definition) is 4. The second-order valence-electron chi connectivity index (χ2n) is 9.16. The maximum absolute atomic E-state index is 13.2. The molecule has 0 unspecified atom stereocenters. The van der Waals surface area contributed by atoms with Crippen LogP contribution in [-0.4, -0.2) is 27.1 Å². The van der Waals surface area contributed by atoms with Crippen LogP contribution in [0.25, 0.3) is 23.1 Å². The van der Waals surface area contributed by atoms with Gasteiger partial charge in [0.15, 0.2) is 0 Å². The van der Waals surface area contributed by atoms with Crippen molar-refractivity contribution >= 4 is 40.7 Å². The summed E-state index contributed by atoms with van der Waals surface area (Å²) in [7, 11) is 0. The molecule has 6 heteroatoms. The molecule has 1 saturated carbocycles. The maximum atomic E-state index is 13.2. The molecule has 5 nitrogen and oxygen atoms in total. The smallest absolute Gasteiger partial charge is 0.252 e. The van der Waals surface area contributed by atoms with E-state index in [0.29, 0.717) is 5.92 Å². The van der Waals surface area contributed by atoms with E-state index in [1.54, 1.807) is 18.0 Å². The van der Waals surface area contributed by atoms with Crippen molar-refractivity contribution in [1.82, 2.24) is 20.5 Å². The fourth-order valence-corrected chi connectivity index (χ4v) is 5.74. The van der Waals surface area contributed by atoms with Gasteiger partial charge in [-0.3, -0.25) is 14.9 Å². The van der Waals surface area contributed by atoms with E-state index >= 15 is 0 Å². The summed E-state index contributed by atoms with van der Waals surface area (Å²) in [6.07, 6.45) is 12.0. The number of carbonyl (C=O) groups is 1. The number of carbonyl (C=O) groups excluding carboxylic acids is 1. The molecule has 1 aliphatic rings. The van der Waals surface area contributed by atoms with E-state index in [1.165, 1.54) is 32.1 Å². The summed E-state index contributed by atoms with van der Waals surface area (Å²) in [5.74, 6) is 0.590. The zero-order valence-electron chi connectivity index (χ0n) is 19.9. The number of rotatable bonds is 7. The Morgan fingerprint density at radius 3 is 2.71 bits per heavy atom. The van der Waals surface area contributed by atoms with Gasteiger partial charge in [-0.2, -0.15) is 5.10 Å². The van der Waals surface area contributed by atoms with Crippen LogP contribution in [0, 0.1) is 5.92 Å². The Morgan fingerprint density at radius 1 is 1.06 bits per heavy atom. The maximum Gasteiger partial charge on any atom is 0.252 e. The highest BCUT2D eigenvalue weighted by Gasteiger charge is 2.23. The molecule has 0 radical (unpaired) electrons. The molecule has 1 atom stereocenters. The summed E-state index contributed by atoms with van der Waals surface area (Å²) >= 11 is 1.60. The van der Waals surface area contributed by atoms with Gasteiger partial charge in [-0.25, -0.2) is 0 Å². The van der Waals surface area contributed by atoms with Gasteiger partial charge in [-0.05, 0) is 80.3 Å². The van der Waals surface area contributed by atoms with E-state index in [0.717, 1.165) is 37.6 Å². The first-order valence-corrected chi connectivity index (χ1v) is 13.1. The number of pyridine rings is 1. The van der Waals surface area contributed by atoms with Crippen LogP contribution in [0.2, 0.25) is 0 Å². The number of aromatic nitrogens is 3. The van der Waals surface area contributed by atoms with Crippen molar-refractivity contribution in [1.29, 1.82) is 0 Å². The average Bonchev–Trinajstić information content (AvgIpc) is 3.31. The standard InChI is InChI=1S/C29H30N4OS/c1-20(21-9-3-2-4-10-21)31-29(34)25-12-5-6-13-28(25)35-23-15-16-24-26(32-33-27(24)19-23)17-14-22-11-7-8-18-30-22/h5-8,11-21H,2-4,9-10H2,1H3,(H,31,34)(H,32,33)/b17-14+/t20-/m0/s1. The highest BCUT2D eigenvalue weighted by Crippen LogP contribution is 2.33. The predicted molar refractivity (Wildman–Crippen MR) is 143 cm³/mol. The van der Waals surface area contributed by atoms with Crippen LogP contribution < -0.4 is 5.32 Å². The van der Waals surface area contributed by atoms with Crippen molar-refractivity contribution < 1.29 is 4.79 Å². The summed E-state index contributed by atoms with van der Waals surface area (Å²) < 4.78 is 0. The monoisotopic (exact) mass is 482 g/mol. The van der Waals surface area contributed by atoms with E-state index in [-0.39, 0.29) is 11.9 Å². The summed E-state index contributed by atoms with van der Waals surface area (Å²) in [6.45, 7) is 2.15. The highest BCUT2D eigenvalue weighted by atomic mass is 32.2. The predicted octanol–water partition coefficient (Wildman–Crippen LogP) is 6.98. The quantitative estimate of drug-likeness (QED) is 0.298. The molecule has 1 fully saturated rings. The van der Waals surface area contributed by atoms with Crippen molar-refractivity contribution in [3.05, 3.63) is 83.8 Å². The van der Waals surface area contributed by atoms with Crippen molar-refractivity contribution in [3.8, 4) is 0 Å². The van der Waals surface area contributed by atoms with Gasteiger partial charge in [0.25, 0.3) is 5.91 Å². The zero-order chi connectivity index (χ0) is 24.0. The fourth-order valence-electron chi connectivity index (χ4n) is 4.76. The molecule has 0 spiro atoms. The Kier molecular flexibility index (Phi) is 7.28. The van der Waals surface area contributed by atoms with Gasteiger partial charge in [-0.15, -0.1) is 0 Å². The van der Waals surface area contributed by atoms with E-state index in [1.807, 2.05) is 54.6 Å². The third kappa shape index (κ3) is 5.65. The highest BCUT2D eigenvalue weighted by molar-refractivity contribution is 7.99. The number of amides is 1. The number of hydrogen-bond donors (Lipinski definition) is 2. The fraction of sp³-hybridized carbons (Fsp3) is 0.276. The molecule has 0 saturated heterocycles. The lowest BCUT2D eigenvalue weighted by atomic mass is 9.84. The van der Waals surface area contributed by atoms with Gasteiger partial charge in [0.2, 0.25) is 0 Å². The van der Waals surface area contributed by atoms with Crippen molar-refractivity contribution in [2.45, 2.75) is 54.9 Å². The third-order valence-electron chi connectivity index (χ3n) is 6.74. The lowest BCUT2D eigenvalue weighted by Crippen LogP contribution is -2.39. The summed E-state index contributed by atoms with van der Waals surface area (Å²) in [4.78, 5) is 19.5. The molecule has 35 heavy (non-hydrogen) atoms. The Balaban J connectivity index is 1.31. The molecule has 178 valence electrons. The SMILES string of the molecule is C[C@H](NC(=O)c1ccccc1Sc1ccc2c(/C=C/c3ccccn3)n[nH]c2c1)C1CCCCC1. The molecular formula is C29H30N4OS. The van der Waals surface area contributed by atoms with Crippen LogP contribution in [0.1, 0.15) is 60.8 Å².